The van der Waals surface area contributed by atoms with Gasteiger partial charge in [-0.2, -0.15) is 5.10 Å². The molecule has 2 heterocycles. The van der Waals surface area contributed by atoms with Crippen molar-refractivity contribution < 1.29 is 9.53 Å². The maximum absolute atomic E-state index is 12.0. The van der Waals surface area contributed by atoms with Crippen molar-refractivity contribution in [1.82, 2.24) is 15.5 Å². The molecular formula is C15H24N4O2. The van der Waals surface area contributed by atoms with Gasteiger partial charge in [0.1, 0.15) is 0 Å². The average molecular weight is 292 g/mol. The molecule has 0 atom stereocenters. The first kappa shape index (κ1) is 15.7. The molecule has 0 spiro atoms. The lowest BCUT2D eigenvalue weighted by molar-refractivity contribution is 0.0499. The summed E-state index contributed by atoms with van der Waals surface area (Å²) < 4.78 is 5.32. The second kappa shape index (κ2) is 5.97. The number of anilines is 1. The van der Waals surface area contributed by atoms with Gasteiger partial charge >= 0.3 is 6.03 Å². The highest BCUT2D eigenvalue weighted by Gasteiger charge is 2.29. The molecule has 1 aliphatic rings. The molecule has 1 aliphatic heterocycles. The van der Waals surface area contributed by atoms with E-state index in [1.807, 2.05) is 13.0 Å². The van der Waals surface area contributed by atoms with E-state index in [0.717, 1.165) is 18.5 Å². The molecule has 6 heteroatoms. The van der Waals surface area contributed by atoms with Crippen LogP contribution in [0.4, 0.5) is 10.6 Å². The van der Waals surface area contributed by atoms with Crippen LogP contribution in [0.15, 0.2) is 12.1 Å². The second-order valence-corrected chi connectivity index (χ2v) is 6.81. The summed E-state index contributed by atoms with van der Waals surface area (Å²) in [6, 6.07) is 3.41. The van der Waals surface area contributed by atoms with Crippen molar-refractivity contribution in [3.63, 3.8) is 0 Å². The molecule has 0 bridgehead atoms. The fraction of sp³-hybridized carbons (Fsp3) is 0.667. The third-order valence-corrected chi connectivity index (χ3v) is 3.69. The molecule has 0 aromatic carbocycles. The summed E-state index contributed by atoms with van der Waals surface area (Å²) in [5.74, 6) is 0.455. The number of hydrogen-bond acceptors (Lipinski definition) is 4. The molecule has 116 valence electrons. The molecular weight excluding hydrogens is 268 g/mol. The second-order valence-electron chi connectivity index (χ2n) is 6.81. The number of urea groups is 1. The molecule has 21 heavy (non-hydrogen) atoms. The molecule has 1 saturated heterocycles. The number of nitrogens with one attached hydrogen (secondary N) is 2. The highest BCUT2D eigenvalue weighted by Crippen LogP contribution is 2.21. The first-order valence-corrected chi connectivity index (χ1v) is 7.30. The normalized spacial score (nSPS) is 18.1. The summed E-state index contributed by atoms with van der Waals surface area (Å²) in [5, 5.41) is 13.9. The van der Waals surface area contributed by atoms with E-state index >= 15 is 0 Å². The molecule has 2 N–H and O–H groups in total. The zero-order chi connectivity index (χ0) is 15.5. The molecule has 0 unspecified atom stereocenters. The summed E-state index contributed by atoms with van der Waals surface area (Å²) in [5.41, 5.74) is 0.620. The van der Waals surface area contributed by atoms with Gasteiger partial charge < -0.3 is 10.1 Å². The Balaban J connectivity index is 1.93. The summed E-state index contributed by atoms with van der Waals surface area (Å²) in [4.78, 5) is 12.0. The molecule has 2 amide bonds. The van der Waals surface area contributed by atoms with Crippen molar-refractivity contribution in [2.45, 2.75) is 51.5 Å². The van der Waals surface area contributed by atoms with E-state index in [1.54, 1.807) is 6.07 Å². The first-order chi connectivity index (χ1) is 9.78. The summed E-state index contributed by atoms with van der Waals surface area (Å²) in [6.45, 7) is 9.60. The monoisotopic (exact) mass is 292 g/mol. The third kappa shape index (κ3) is 4.39. The smallest absolute Gasteiger partial charge is 0.320 e. The van der Waals surface area contributed by atoms with Crippen LogP contribution in [0.5, 0.6) is 0 Å². The number of amides is 2. The van der Waals surface area contributed by atoms with Crippen molar-refractivity contribution in [2.75, 3.05) is 18.5 Å². The number of carbonyl (C=O) groups excluding carboxylic acids is 1. The first-order valence-electron chi connectivity index (χ1n) is 7.30. The summed E-state index contributed by atoms with van der Waals surface area (Å²) in [6.07, 6.45) is 1.63. The highest BCUT2D eigenvalue weighted by atomic mass is 16.5. The quantitative estimate of drug-likeness (QED) is 0.878. The lowest BCUT2D eigenvalue weighted by atomic mass is 9.92. The van der Waals surface area contributed by atoms with Gasteiger partial charge in [0.05, 0.1) is 5.69 Å². The van der Waals surface area contributed by atoms with E-state index in [0.29, 0.717) is 19.0 Å². The number of carbonyl (C=O) groups is 1. The molecule has 2 rings (SSSR count). The zero-order valence-corrected chi connectivity index (χ0v) is 13.2. The van der Waals surface area contributed by atoms with Crippen LogP contribution < -0.4 is 10.6 Å². The lowest BCUT2D eigenvalue weighted by Crippen LogP contribution is -2.51. The van der Waals surface area contributed by atoms with E-state index in [-0.39, 0.29) is 17.0 Å². The Bertz CT molecular complexity index is 487. The zero-order valence-electron chi connectivity index (χ0n) is 13.2. The number of hydrogen-bond donors (Lipinski definition) is 2. The minimum Gasteiger partial charge on any atom is -0.381 e. The van der Waals surface area contributed by atoms with Crippen molar-refractivity contribution >= 4 is 11.8 Å². The Kier molecular flexibility index (Phi) is 4.46. The summed E-state index contributed by atoms with van der Waals surface area (Å²) in [7, 11) is 0. The minimum absolute atomic E-state index is 0.0522. The van der Waals surface area contributed by atoms with Crippen LogP contribution in [-0.4, -0.2) is 35.0 Å². The number of aromatic nitrogens is 2. The van der Waals surface area contributed by atoms with Gasteiger partial charge in [-0.3, -0.25) is 5.32 Å². The Morgan fingerprint density at radius 1 is 1.24 bits per heavy atom. The van der Waals surface area contributed by atoms with Gasteiger partial charge in [-0.15, -0.1) is 5.10 Å². The number of nitrogens with zero attached hydrogens (tertiary/aromatic N) is 2. The van der Waals surface area contributed by atoms with Crippen LogP contribution in [0.3, 0.4) is 0 Å². The van der Waals surface area contributed by atoms with Gasteiger partial charge in [0.15, 0.2) is 5.82 Å². The third-order valence-electron chi connectivity index (χ3n) is 3.69. The fourth-order valence-corrected chi connectivity index (χ4v) is 2.17. The van der Waals surface area contributed by atoms with E-state index < -0.39 is 0 Å². The number of rotatable bonds is 2. The maximum atomic E-state index is 12.0. The van der Waals surface area contributed by atoms with Crippen LogP contribution in [0.1, 0.15) is 46.2 Å². The molecule has 6 nitrogen and oxygen atoms in total. The molecule has 0 saturated carbocycles. The van der Waals surface area contributed by atoms with Gasteiger partial charge in [0, 0.05) is 24.2 Å². The fourth-order valence-electron chi connectivity index (χ4n) is 2.17. The van der Waals surface area contributed by atoms with E-state index in [1.165, 1.54) is 0 Å². The molecule has 1 aromatic rings. The van der Waals surface area contributed by atoms with Gasteiger partial charge in [-0.25, -0.2) is 4.79 Å². The Morgan fingerprint density at radius 3 is 2.43 bits per heavy atom. The SMILES string of the molecule is CC1(NC(=O)Nc2ccc(C(C)(C)C)nn2)CCOCC1. The Labute approximate surface area is 125 Å². The van der Waals surface area contributed by atoms with Gasteiger partial charge in [-0.1, -0.05) is 20.8 Å². The molecule has 1 aromatic heterocycles. The molecule has 1 fully saturated rings. The van der Waals surface area contributed by atoms with Crippen molar-refractivity contribution in [3.05, 3.63) is 17.8 Å². The lowest BCUT2D eigenvalue weighted by Gasteiger charge is -2.34. The van der Waals surface area contributed by atoms with Gasteiger partial charge in [0.25, 0.3) is 0 Å². The van der Waals surface area contributed by atoms with Crippen molar-refractivity contribution in [1.29, 1.82) is 0 Å². The van der Waals surface area contributed by atoms with E-state index in [2.05, 4.69) is 41.6 Å². The predicted octanol–water partition coefficient (Wildman–Crippen LogP) is 2.46. The molecule has 0 radical (unpaired) electrons. The van der Waals surface area contributed by atoms with Crippen molar-refractivity contribution in [3.8, 4) is 0 Å². The molecule has 0 aliphatic carbocycles. The predicted molar refractivity (Wildman–Crippen MR) is 81.3 cm³/mol. The minimum atomic E-state index is -0.253. The van der Waals surface area contributed by atoms with Crippen LogP contribution in [0, 0.1) is 0 Å². The highest BCUT2D eigenvalue weighted by molar-refractivity contribution is 5.88. The maximum Gasteiger partial charge on any atom is 0.320 e. The topological polar surface area (TPSA) is 76.1 Å². The van der Waals surface area contributed by atoms with Gasteiger partial charge in [-0.05, 0) is 31.9 Å². The van der Waals surface area contributed by atoms with Crippen LogP contribution >= 0.6 is 0 Å². The standard InChI is InChI=1S/C15H24N4O2/c1-14(2,3)11-5-6-12(19-18-11)16-13(20)17-15(4)7-9-21-10-8-15/h5-6H,7-10H2,1-4H3,(H2,16,17,19,20). The largest absolute Gasteiger partial charge is 0.381 e. The van der Waals surface area contributed by atoms with Crippen LogP contribution in [-0.2, 0) is 10.2 Å². The van der Waals surface area contributed by atoms with Gasteiger partial charge in [0.2, 0.25) is 0 Å². The van der Waals surface area contributed by atoms with E-state index in [4.69, 9.17) is 4.74 Å². The van der Waals surface area contributed by atoms with Crippen molar-refractivity contribution in [2.24, 2.45) is 0 Å². The Hall–Kier alpha value is -1.69. The number of ether oxygens (including phenoxy) is 1. The van der Waals surface area contributed by atoms with Crippen LogP contribution in [0.2, 0.25) is 0 Å². The average Bonchev–Trinajstić information content (AvgIpc) is 2.38. The Morgan fingerprint density at radius 2 is 1.90 bits per heavy atom. The van der Waals surface area contributed by atoms with Crippen LogP contribution in [0.25, 0.3) is 0 Å². The van der Waals surface area contributed by atoms with E-state index in [9.17, 15) is 4.79 Å². The summed E-state index contributed by atoms with van der Waals surface area (Å²) >= 11 is 0.